The van der Waals surface area contributed by atoms with E-state index < -0.39 is 0 Å². The van der Waals surface area contributed by atoms with Gasteiger partial charge in [-0.05, 0) is 63.3 Å². The van der Waals surface area contributed by atoms with E-state index in [1.54, 1.807) is 0 Å². The normalized spacial score (nSPS) is 28.4. The van der Waals surface area contributed by atoms with Crippen LogP contribution in [0.1, 0.15) is 44.6 Å². The summed E-state index contributed by atoms with van der Waals surface area (Å²) < 4.78 is 1.98. The summed E-state index contributed by atoms with van der Waals surface area (Å²) in [7, 11) is 0. The minimum absolute atomic E-state index is 0.0415. The predicted molar refractivity (Wildman–Crippen MR) is 127 cm³/mol. The average molecular weight is 433 g/mol. The number of fused-ring (bicyclic) bond motifs is 1. The highest BCUT2D eigenvalue weighted by Crippen LogP contribution is 2.34. The number of aliphatic imine (C=N–C) groups is 1. The fraction of sp³-hybridized carbons (Fsp3) is 0.560. The van der Waals surface area contributed by atoms with Crippen LogP contribution in [0.15, 0.2) is 35.6 Å². The van der Waals surface area contributed by atoms with Gasteiger partial charge < -0.3 is 15.1 Å². The highest BCUT2D eigenvalue weighted by Gasteiger charge is 2.36. The SMILES string of the molecule is CC1([C@H]2CCCN2)CC=C(c2cc3c(N4CCN(C(=O)C5CC5)CC4)ccnn3c2)C=N1. The molecule has 2 aromatic heterocycles. The third kappa shape index (κ3) is 3.52. The third-order valence-electron chi connectivity index (χ3n) is 7.72. The maximum absolute atomic E-state index is 12.4. The van der Waals surface area contributed by atoms with Gasteiger partial charge in [-0.2, -0.15) is 5.10 Å². The van der Waals surface area contributed by atoms with Crippen molar-refractivity contribution in [2.45, 2.75) is 50.6 Å². The highest BCUT2D eigenvalue weighted by molar-refractivity contribution is 6.11. The molecule has 2 aromatic rings. The molecule has 2 saturated heterocycles. The van der Waals surface area contributed by atoms with Crippen LogP contribution in [0.3, 0.4) is 0 Å². The lowest BCUT2D eigenvalue weighted by atomic mass is 9.85. The molecule has 7 heteroatoms. The zero-order valence-electron chi connectivity index (χ0n) is 18.8. The Morgan fingerprint density at radius 1 is 1.19 bits per heavy atom. The Hall–Kier alpha value is -2.67. The molecular formula is C25H32N6O. The molecule has 1 unspecified atom stereocenters. The number of anilines is 1. The van der Waals surface area contributed by atoms with Crippen molar-refractivity contribution in [1.29, 1.82) is 0 Å². The number of nitrogens with one attached hydrogen (secondary N) is 1. The second-order valence-electron chi connectivity index (χ2n) is 9.99. The van der Waals surface area contributed by atoms with Crippen molar-refractivity contribution < 1.29 is 4.79 Å². The Balaban J connectivity index is 1.20. The minimum atomic E-state index is -0.0415. The summed E-state index contributed by atoms with van der Waals surface area (Å²) in [4.78, 5) is 21.8. The van der Waals surface area contributed by atoms with Crippen LogP contribution in [0, 0.1) is 5.92 Å². The largest absolute Gasteiger partial charge is 0.366 e. The van der Waals surface area contributed by atoms with Gasteiger partial charge in [0.05, 0.1) is 16.7 Å². The first-order valence-electron chi connectivity index (χ1n) is 12.1. The molecule has 3 aliphatic heterocycles. The Morgan fingerprint density at radius 3 is 2.72 bits per heavy atom. The molecule has 7 nitrogen and oxygen atoms in total. The van der Waals surface area contributed by atoms with Gasteiger partial charge in [0.1, 0.15) is 0 Å². The van der Waals surface area contributed by atoms with Crippen molar-refractivity contribution in [3.8, 4) is 0 Å². The van der Waals surface area contributed by atoms with Crippen LogP contribution >= 0.6 is 0 Å². The number of nitrogens with zero attached hydrogens (tertiary/aromatic N) is 5. The molecule has 5 heterocycles. The number of hydrogen-bond acceptors (Lipinski definition) is 5. The van der Waals surface area contributed by atoms with Gasteiger partial charge in [-0.3, -0.25) is 9.79 Å². The molecule has 3 fully saturated rings. The lowest BCUT2D eigenvalue weighted by Gasteiger charge is -2.36. The van der Waals surface area contributed by atoms with Crippen molar-refractivity contribution in [3.63, 3.8) is 0 Å². The molecule has 4 aliphatic rings. The maximum Gasteiger partial charge on any atom is 0.225 e. The predicted octanol–water partition coefficient (Wildman–Crippen LogP) is 2.76. The highest BCUT2D eigenvalue weighted by atomic mass is 16.2. The molecule has 0 aromatic carbocycles. The first-order chi connectivity index (χ1) is 15.6. The maximum atomic E-state index is 12.4. The van der Waals surface area contributed by atoms with Gasteiger partial charge in [-0.25, -0.2) is 4.52 Å². The molecule has 0 radical (unpaired) electrons. The summed E-state index contributed by atoms with van der Waals surface area (Å²) >= 11 is 0. The second kappa shape index (κ2) is 7.73. The topological polar surface area (TPSA) is 65.2 Å². The third-order valence-corrected chi connectivity index (χ3v) is 7.72. The number of hydrogen-bond donors (Lipinski definition) is 1. The van der Waals surface area contributed by atoms with Crippen LogP contribution in [0.4, 0.5) is 5.69 Å². The van der Waals surface area contributed by atoms with E-state index in [0.717, 1.165) is 63.1 Å². The first-order valence-corrected chi connectivity index (χ1v) is 12.1. The zero-order valence-corrected chi connectivity index (χ0v) is 18.8. The van der Waals surface area contributed by atoms with Gasteiger partial charge in [-0.15, -0.1) is 0 Å². The van der Waals surface area contributed by atoms with Crippen LogP contribution < -0.4 is 10.2 Å². The lowest BCUT2D eigenvalue weighted by molar-refractivity contribution is -0.132. The molecule has 0 spiro atoms. The van der Waals surface area contributed by atoms with Gasteiger partial charge in [0.2, 0.25) is 5.91 Å². The van der Waals surface area contributed by atoms with Crippen molar-refractivity contribution in [3.05, 3.63) is 36.2 Å². The van der Waals surface area contributed by atoms with E-state index in [4.69, 9.17) is 4.99 Å². The summed E-state index contributed by atoms with van der Waals surface area (Å²) in [5.74, 6) is 0.664. The van der Waals surface area contributed by atoms with Crippen molar-refractivity contribution in [2.24, 2.45) is 10.9 Å². The first kappa shape index (κ1) is 20.0. The van der Waals surface area contributed by atoms with Crippen LogP contribution in [-0.4, -0.2) is 70.9 Å². The van der Waals surface area contributed by atoms with E-state index in [0.29, 0.717) is 17.9 Å². The molecule has 2 atom stereocenters. The fourth-order valence-electron chi connectivity index (χ4n) is 5.46. The minimum Gasteiger partial charge on any atom is -0.366 e. The quantitative estimate of drug-likeness (QED) is 0.807. The fourth-order valence-corrected chi connectivity index (χ4v) is 5.46. The summed E-state index contributed by atoms with van der Waals surface area (Å²) in [5.41, 5.74) is 4.61. The Morgan fingerprint density at radius 2 is 2.03 bits per heavy atom. The van der Waals surface area contributed by atoms with E-state index in [9.17, 15) is 4.79 Å². The number of carbonyl (C=O) groups excluding carboxylic acids is 1. The number of allylic oxidation sites excluding steroid dienone is 1. The van der Waals surface area contributed by atoms with Crippen molar-refractivity contribution in [2.75, 3.05) is 37.6 Å². The molecule has 1 saturated carbocycles. The Kier molecular flexibility index (Phi) is 4.82. The van der Waals surface area contributed by atoms with Gasteiger partial charge in [-0.1, -0.05) is 6.08 Å². The molecule has 0 bridgehead atoms. The molecule has 168 valence electrons. The van der Waals surface area contributed by atoms with Gasteiger partial charge >= 0.3 is 0 Å². The number of piperazine rings is 1. The molecule has 6 rings (SSSR count). The van der Waals surface area contributed by atoms with Crippen LogP contribution in [0.25, 0.3) is 11.1 Å². The lowest BCUT2D eigenvalue weighted by Crippen LogP contribution is -2.49. The second-order valence-corrected chi connectivity index (χ2v) is 9.99. The summed E-state index contributed by atoms with van der Waals surface area (Å²) in [6, 6.07) is 4.81. The van der Waals surface area contributed by atoms with Crippen molar-refractivity contribution >= 4 is 28.9 Å². The molecule has 1 N–H and O–H groups in total. The monoisotopic (exact) mass is 432 g/mol. The van der Waals surface area contributed by atoms with Crippen molar-refractivity contribution in [1.82, 2.24) is 19.8 Å². The standard InChI is InChI=1S/C25H32N6O/c1-25(23-3-2-9-26-23)8-6-19(16-27-25)20-15-22-21(7-10-28-31(22)17-20)29-11-13-30(14-12-29)24(32)18-4-5-18/h6-7,10,15-18,23,26H,2-5,8-9,11-14H2,1H3/t23-,25?/m1/s1. The number of carbonyl (C=O) groups is 1. The molecule has 1 amide bonds. The van der Waals surface area contributed by atoms with Gasteiger partial charge in [0.15, 0.2) is 0 Å². The Labute approximate surface area is 189 Å². The van der Waals surface area contributed by atoms with Crippen LogP contribution in [-0.2, 0) is 4.79 Å². The number of aromatic nitrogens is 2. The zero-order chi connectivity index (χ0) is 21.7. The number of dihydropyridines is 1. The van der Waals surface area contributed by atoms with E-state index in [1.165, 1.54) is 24.1 Å². The molecular weight excluding hydrogens is 400 g/mol. The van der Waals surface area contributed by atoms with E-state index in [1.807, 2.05) is 10.7 Å². The van der Waals surface area contributed by atoms with Gasteiger partial charge in [0, 0.05) is 62.3 Å². The van der Waals surface area contributed by atoms with Gasteiger partial charge in [0.25, 0.3) is 0 Å². The molecule has 1 aliphatic carbocycles. The summed E-state index contributed by atoms with van der Waals surface area (Å²) in [6.07, 6.45) is 13.9. The smallest absolute Gasteiger partial charge is 0.225 e. The average Bonchev–Trinajstić information content (AvgIpc) is 3.33. The van der Waals surface area contributed by atoms with E-state index in [-0.39, 0.29) is 5.54 Å². The molecule has 32 heavy (non-hydrogen) atoms. The summed E-state index contributed by atoms with van der Waals surface area (Å²) in [5, 5.41) is 8.18. The van der Waals surface area contributed by atoms with E-state index >= 15 is 0 Å². The van der Waals surface area contributed by atoms with Crippen LogP contribution in [0.2, 0.25) is 0 Å². The Bertz CT molecular complexity index is 1090. The summed E-state index contributed by atoms with van der Waals surface area (Å²) in [6.45, 7) is 6.73. The van der Waals surface area contributed by atoms with Crippen LogP contribution in [0.5, 0.6) is 0 Å². The number of amides is 1. The van der Waals surface area contributed by atoms with E-state index in [2.05, 4.69) is 57.8 Å². The number of rotatable bonds is 4.